The molecule has 1 aliphatic carbocycles. The predicted octanol–water partition coefficient (Wildman–Crippen LogP) is 5.74. The zero-order chi connectivity index (χ0) is 26.5. The van der Waals surface area contributed by atoms with Crippen molar-refractivity contribution in [1.82, 2.24) is 0 Å². The molecule has 0 bridgehead atoms. The maximum atomic E-state index is 13.5. The molecule has 0 heterocycles. The number of allylic oxidation sites excluding steroid dienone is 1. The molecular weight excluding hydrogens is 494 g/mol. The number of carbonyl (C=O) groups excluding carboxylic acids is 2. The summed E-state index contributed by atoms with van der Waals surface area (Å²) < 4.78 is 10.4. The number of Topliss-reactive ketones (excluding diaryl/α,β-unsaturated/α-hetero) is 1. The van der Waals surface area contributed by atoms with Crippen molar-refractivity contribution in [3.05, 3.63) is 111 Å². The van der Waals surface area contributed by atoms with Crippen LogP contribution in [-0.4, -0.2) is 36.8 Å². The van der Waals surface area contributed by atoms with Crippen molar-refractivity contribution in [2.24, 2.45) is 5.92 Å². The first kappa shape index (κ1) is 26.1. The number of nitro groups is 1. The normalized spacial score (nSPS) is 21.5. The Hall–Kier alpha value is -3.97. The van der Waals surface area contributed by atoms with Crippen LogP contribution in [0.4, 0.5) is 0 Å². The van der Waals surface area contributed by atoms with Crippen LogP contribution in [0.25, 0.3) is 6.08 Å². The number of ether oxygens (including phenoxy) is 2. The average molecular weight is 520 g/mol. The molecule has 0 saturated heterocycles. The molecule has 0 radical (unpaired) electrons. The Morgan fingerprint density at radius 2 is 1.46 bits per heavy atom. The fourth-order valence-corrected chi connectivity index (χ4v) is 5.09. The summed E-state index contributed by atoms with van der Waals surface area (Å²) >= 11 is 6.07. The minimum absolute atomic E-state index is 0.116. The van der Waals surface area contributed by atoms with Crippen LogP contribution in [0.3, 0.4) is 0 Å². The lowest BCUT2D eigenvalue weighted by molar-refractivity contribution is -0.533. The number of benzene rings is 3. The Morgan fingerprint density at radius 3 is 2.00 bits per heavy atom. The quantitative estimate of drug-likeness (QED) is 0.163. The Morgan fingerprint density at radius 1 is 0.919 bits per heavy atom. The summed E-state index contributed by atoms with van der Waals surface area (Å²) in [7, 11) is 3.09. The van der Waals surface area contributed by atoms with Crippen molar-refractivity contribution in [2.75, 3.05) is 14.2 Å². The van der Waals surface area contributed by atoms with E-state index in [9.17, 15) is 19.7 Å². The van der Waals surface area contributed by atoms with Gasteiger partial charge in [-0.1, -0.05) is 54.1 Å². The molecule has 1 aliphatic rings. The minimum atomic E-state index is -1.20. The van der Waals surface area contributed by atoms with E-state index in [2.05, 4.69) is 0 Å². The number of nitrogens with zero attached hydrogens (tertiary/aromatic N) is 1. The second-order valence-corrected chi connectivity index (χ2v) is 9.33. The highest BCUT2D eigenvalue weighted by Gasteiger charge is 2.53. The summed E-state index contributed by atoms with van der Waals surface area (Å²) in [5.74, 6) is -2.39. The highest BCUT2D eigenvalue weighted by Crippen LogP contribution is 2.45. The number of methoxy groups -OCH3 is 2. The second kappa shape index (κ2) is 11.4. The van der Waals surface area contributed by atoms with Crippen LogP contribution >= 0.6 is 11.6 Å². The van der Waals surface area contributed by atoms with Crippen molar-refractivity contribution < 1.29 is 24.0 Å². The lowest BCUT2D eigenvalue weighted by atomic mass is 9.64. The van der Waals surface area contributed by atoms with E-state index in [0.717, 1.165) is 5.56 Å². The van der Waals surface area contributed by atoms with E-state index < -0.39 is 29.6 Å². The highest BCUT2D eigenvalue weighted by molar-refractivity contribution is 6.30. The van der Waals surface area contributed by atoms with E-state index in [0.29, 0.717) is 27.6 Å². The van der Waals surface area contributed by atoms with Gasteiger partial charge in [-0.25, -0.2) is 0 Å². The van der Waals surface area contributed by atoms with Gasteiger partial charge in [0.1, 0.15) is 17.3 Å². The molecule has 7 nitrogen and oxygen atoms in total. The molecule has 0 aromatic heterocycles. The van der Waals surface area contributed by atoms with Gasteiger partial charge in [-0.15, -0.1) is 0 Å². The monoisotopic (exact) mass is 519 g/mol. The molecule has 37 heavy (non-hydrogen) atoms. The first-order chi connectivity index (χ1) is 17.8. The standard InChI is InChI=1S/C29H26ClNO6/c1-36-22-12-3-18(4-13-22)5-16-25(32)28-26(33)17-24(19-8-14-23(37-2)15-9-19)29(31(34)35)27(28)20-6-10-21(30)11-7-20/h3-16,24,27-29H,17H2,1-2H3/b16-5+. The van der Waals surface area contributed by atoms with E-state index in [1.165, 1.54) is 13.2 Å². The van der Waals surface area contributed by atoms with Crippen molar-refractivity contribution in [1.29, 1.82) is 0 Å². The Labute approximate surface area is 219 Å². The molecule has 4 unspecified atom stereocenters. The third-order valence-electron chi connectivity index (χ3n) is 6.81. The molecule has 8 heteroatoms. The zero-order valence-corrected chi connectivity index (χ0v) is 21.1. The molecule has 0 aliphatic heterocycles. The minimum Gasteiger partial charge on any atom is -0.497 e. The summed E-state index contributed by atoms with van der Waals surface area (Å²) in [6, 6.07) is 19.3. The lowest BCUT2D eigenvalue weighted by Gasteiger charge is -2.36. The molecule has 0 amide bonds. The van der Waals surface area contributed by atoms with Crippen molar-refractivity contribution >= 4 is 29.2 Å². The molecule has 1 fully saturated rings. The Balaban J connectivity index is 1.74. The number of halogens is 1. The van der Waals surface area contributed by atoms with E-state index in [1.54, 1.807) is 86.0 Å². The summed E-state index contributed by atoms with van der Waals surface area (Å²) in [6.07, 6.45) is 2.82. The highest BCUT2D eigenvalue weighted by atomic mass is 35.5. The van der Waals surface area contributed by atoms with Crippen molar-refractivity contribution in [2.45, 2.75) is 24.3 Å². The van der Waals surface area contributed by atoms with E-state index in [4.69, 9.17) is 21.1 Å². The van der Waals surface area contributed by atoms with Crippen LogP contribution in [-0.2, 0) is 9.59 Å². The summed E-state index contributed by atoms with van der Waals surface area (Å²) in [6.45, 7) is 0. The summed E-state index contributed by atoms with van der Waals surface area (Å²) in [5.41, 5.74) is 1.91. The molecule has 1 saturated carbocycles. The van der Waals surface area contributed by atoms with Gasteiger partial charge >= 0.3 is 0 Å². The van der Waals surface area contributed by atoms with Gasteiger partial charge in [0.2, 0.25) is 6.04 Å². The van der Waals surface area contributed by atoms with Crippen LogP contribution in [0.15, 0.2) is 78.9 Å². The second-order valence-electron chi connectivity index (χ2n) is 8.89. The van der Waals surface area contributed by atoms with Crippen LogP contribution in [0.2, 0.25) is 5.02 Å². The number of carbonyl (C=O) groups is 2. The lowest BCUT2D eigenvalue weighted by Crippen LogP contribution is -2.48. The van der Waals surface area contributed by atoms with Gasteiger partial charge in [0.05, 0.1) is 32.0 Å². The van der Waals surface area contributed by atoms with Crippen molar-refractivity contribution in [3.8, 4) is 11.5 Å². The number of hydrogen-bond acceptors (Lipinski definition) is 6. The van der Waals surface area contributed by atoms with Crippen molar-refractivity contribution in [3.63, 3.8) is 0 Å². The first-order valence-electron chi connectivity index (χ1n) is 11.7. The van der Waals surface area contributed by atoms with Gasteiger partial charge in [0, 0.05) is 16.4 Å². The summed E-state index contributed by atoms with van der Waals surface area (Å²) in [5, 5.41) is 13.0. The number of ketones is 2. The first-order valence-corrected chi connectivity index (χ1v) is 12.1. The zero-order valence-electron chi connectivity index (χ0n) is 20.4. The van der Waals surface area contributed by atoms with Crippen LogP contribution in [0.1, 0.15) is 34.9 Å². The van der Waals surface area contributed by atoms with Gasteiger partial charge < -0.3 is 9.47 Å². The largest absolute Gasteiger partial charge is 0.497 e. The van der Waals surface area contributed by atoms with Crippen LogP contribution < -0.4 is 9.47 Å². The molecular formula is C29H26ClNO6. The number of rotatable bonds is 8. The maximum absolute atomic E-state index is 13.5. The van der Waals surface area contributed by atoms with E-state index in [-0.39, 0.29) is 17.1 Å². The topological polar surface area (TPSA) is 95.7 Å². The Kier molecular flexibility index (Phi) is 8.04. The van der Waals surface area contributed by atoms with Gasteiger partial charge in [-0.3, -0.25) is 19.7 Å². The third kappa shape index (κ3) is 5.73. The van der Waals surface area contributed by atoms with Crippen LogP contribution in [0, 0.1) is 16.0 Å². The third-order valence-corrected chi connectivity index (χ3v) is 7.06. The SMILES string of the molecule is COc1ccc(/C=C/C(=O)C2C(=O)CC(c3ccc(OC)cc3)C([N+](=O)[O-])C2c2ccc(Cl)cc2)cc1. The van der Waals surface area contributed by atoms with Gasteiger partial charge in [-0.2, -0.15) is 0 Å². The fraction of sp³-hybridized carbons (Fsp3) is 0.241. The van der Waals surface area contributed by atoms with E-state index >= 15 is 0 Å². The maximum Gasteiger partial charge on any atom is 0.228 e. The molecule has 4 atom stereocenters. The fourth-order valence-electron chi connectivity index (χ4n) is 4.96. The Bertz CT molecular complexity index is 1300. The molecule has 3 aromatic carbocycles. The van der Waals surface area contributed by atoms with Crippen LogP contribution in [0.5, 0.6) is 11.5 Å². The molecule has 3 aromatic rings. The molecule has 190 valence electrons. The molecule has 0 N–H and O–H groups in total. The van der Waals surface area contributed by atoms with Gasteiger partial charge in [-0.05, 0) is 59.2 Å². The smallest absolute Gasteiger partial charge is 0.228 e. The predicted molar refractivity (Wildman–Crippen MR) is 141 cm³/mol. The van der Waals surface area contributed by atoms with Gasteiger partial charge in [0.15, 0.2) is 5.78 Å². The van der Waals surface area contributed by atoms with E-state index in [1.807, 2.05) is 0 Å². The summed E-state index contributed by atoms with van der Waals surface area (Å²) in [4.78, 5) is 39.1. The average Bonchev–Trinajstić information content (AvgIpc) is 2.91. The molecule has 0 spiro atoms. The molecule has 4 rings (SSSR count). The van der Waals surface area contributed by atoms with Gasteiger partial charge in [0.25, 0.3) is 0 Å². The number of hydrogen-bond donors (Lipinski definition) is 0.